The van der Waals surface area contributed by atoms with Crippen LogP contribution in [-0.4, -0.2) is 15.7 Å². The number of carbonyl (C=O) groups excluding carboxylic acids is 1. The second kappa shape index (κ2) is 7.61. The Kier molecular flexibility index (Phi) is 5.95. The average Bonchev–Trinajstić information content (AvgIpc) is 2.88. The highest BCUT2D eigenvalue weighted by atomic mass is 35.5. The van der Waals surface area contributed by atoms with Gasteiger partial charge in [0, 0.05) is 10.7 Å². The molecule has 136 valence electrons. The third-order valence-electron chi connectivity index (χ3n) is 3.60. The number of alkyl halides is 4. The standard InChI is InChI=1S/C15H13Cl2F4N3O/c1-6-8(16)4-3-5-9(6)22-15(25)7(2)24-12(14(20)21)10(17)11(23-24)13(18)19/h3-5,7,13-14H,1-2H3,(H,22,25). The number of rotatable bonds is 5. The van der Waals surface area contributed by atoms with Crippen molar-refractivity contribution in [3.8, 4) is 0 Å². The zero-order chi connectivity index (χ0) is 18.9. The summed E-state index contributed by atoms with van der Waals surface area (Å²) in [5.41, 5.74) is -0.973. The van der Waals surface area contributed by atoms with Crippen LogP contribution in [0.1, 0.15) is 42.8 Å². The number of halogens is 6. The molecule has 1 aromatic heterocycles. The van der Waals surface area contributed by atoms with Crippen molar-refractivity contribution >= 4 is 34.8 Å². The highest BCUT2D eigenvalue weighted by Crippen LogP contribution is 2.36. The van der Waals surface area contributed by atoms with Crippen LogP contribution in [-0.2, 0) is 4.79 Å². The van der Waals surface area contributed by atoms with Crippen molar-refractivity contribution in [1.82, 2.24) is 9.78 Å². The Bertz CT molecular complexity index is 795. The molecular formula is C15H13Cl2F4N3O. The van der Waals surface area contributed by atoms with Gasteiger partial charge in [0.2, 0.25) is 5.91 Å². The molecule has 0 aliphatic heterocycles. The lowest BCUT2D eigenvalue weighted by molar-refractivity contribution is -0.119. The number of amides is 1. The highest BCUT2D eigenvalue weighted by Gasteiger charge is 2.32. The van der Waals surface area contributed by atoms with Gasteiger partial charge in [-0.1, -0.05) is 29.3 Å². The number of anilines is 1. The Hall–Kier alpha value is -1.80. The largest absolute Gasteiger partial charge is 0.324 e. The van der Waals surface area contributed by atoms with Crippen LogP contribution in [0.15, 0.2) is 18.2 Å². The summed E-state index contributed by atoms with van der Waals surface area (Å²) in [4.78, 5) is 12.4. The van der Waals surface area contributed by atoms with Crippen molar-refractivity contribution in [3.05, 3.63) is 45.2 Å². The number of benzene rings is 1. The van der Waals surface area contributed by atoms with Crippen LogP contribution in [0.5, 0.6) is 0 Å². The third-order valence-corrected chi connectivity index (χ3v) is 4.39. The molecule has 4 nitrogen and oxygen atoms in total. The quantitative estimate of drug-likeness (QED) is 0.670. The Labute approximate surface area is 150 Å². The van der Waals surface area contributed by atoms with Crippen molar-refractivity contribution in [1.29, 1.82) is 0 Å². The molecule has 0 radical (unpaired) electrons. The van der Waals surface area contributed by atoms with Crippen LogP contribution in [0.4, 0.5) is 23.2 Å². The van der Waals surface area contributed by atoms with Crippen molar-refractivity contribution in [2.75, 3.05) is 5.32 Å². The van der Waals surface area contributed by atoms with E-state index in [1.807, 2.05) is 0 Å². The topological polar surface area (TPSA) is 46.9 Å². The van der Waals surface area contributed by atoms with Crippen LogP contribution in [0, 0.1) is 6.92 Å². The maximum absolute atomic E-state index is 13.2. The minimum absolute atomic E-state index is 0.371. The van der Waals surface area contributed by atoms with Crippen molar-refractivity contribution in [3.63, 3.8) is 0 Å². The molecule has 1 unspecified atom stereocenters. The van der Waals surface area contributed by atoms with Crippen LogP contribution in [0.25, 0.3) is 0 Å². The van der Waals surface area contributed by atoms with Crippen LogP contribution in [0.3, 0.4) is 0 Å². The number of hydrogen-bond donors (Lipinski definition) is 1. The molecule has 1 N–H and O–H groups in total. The third kappa shape index (κ3) is 3.90. The van der Waals surface area contributed by atoms with Gasteiger partial charge in [0.1, 0.15) is 17.4 Å². The minimum atomic E-state index is -3.17. The van der Waals surface area contributed by atoms with Crippen molar-refractivity contribution in [2.45, 2.75) is 32.7 Å². The van der Waals surface area contributed by atoms with E-state index in [2.05, 4.69) is 10.4 Å². The smallest absolute Gasteiger partial charge is 0.283 e. The average molecular weight is 398 g/mol. The lowest BCUT2D eigenvalue weighted by Crippen LogP contribution is -2.26. The van der Waals surface area contributed by atoms with Gasteiger partial charge in [0.05, 0.1) is 5.02 Å². The zero-order valence-electron chi connectivity index (χ0n) is 13.0. The van der Waals surface area contributed by atoms with Gasteiger partial charge in [-0.3, -0.25) is 4.79 Å². The lowest BCUT2D eigenvalue weighted by Gasteiger charge is -2.17. The van der Waals surface area contributed by atoms with Gasteiger partial charge in [-0.15, -0.1) is 0 Å². The van der Waals surface area contributed by atoms with Gasteiger partial charge in [-0.05, 0) is 31.5 Å². The minimum Gasteiger partial charge on any atom is -0.324 e. The molecule has 10 heteroatoms. The van der Waals surface area contributed by atoms with E-state index in [4.69, 9.17) is 23.2 Å². The highest BCUT2D eigenvalue weighted by molar-refractivity contribution is 6.32. The first-order chi connectivity index (χ1) is 11.6. The molecule has 0 bridgehead atoms. The number of nitrogens with one attached hydrogen (secondary N) is 1. The lowest BCUT2D eigenvalue weighted by atomic mass is 10.2. The van der Waals surface area contributed by atoms with E-state index in [-0.39, 0.29) is 0 Å². The van der Waals surface area contributed by atoms with Crippen molar-refractivity contribution in [2.24, 2.45) is 0 Å². The SMILES string of the molecule is Cc1c(Cl)cccc1NC(=O)C(C)n1nc(C(F)F)c(Cl)c1C(F)F. The normalized spacial score (nSPS) is 12.7. The Balaban J connectivity index is 2.36. The predicted octanol–water partition coefficient (Wildman–Crippen LogP) is 5.57. The predicted molar refractivity (Wildman–Crippen MR) is 86.7 cm³/mol. The summed E-state index contributed by atoms with van der Waals surface area (Å²) in [5.74, 6) is -0.729. The first-order valence-corrected chi connectivity index (χ1v) is 7.80. The number of carbonyl (C=O) groups is 1. The van der Waals surface area contributed by atoms with Gasteiger partial charge in [-0.25, -0.2) is 22.2 Å². The van der Waals surface area contributed by atoms with E-state index >= 15 is 0 Å². The Morgan fingerprint density at radius 2 is 1.84 bits per heavy atom. The number of aromatic nitrogens is 2. The molecule has 0 saturated carbocycles. The van der Waals surface area contributed by atoms with Gasteiger partial charge < -0.3 is 5.32 Å². The Morgan fingerprint density at radius 3 is 2.40 bits per heavy atom. The molecule has 0 saturated heterocycles. The van der Waals surface area contributed by atoms with E-state index in [0.29, 0.717) is 21.0 Å². The summed E-state index contributed by atoms with van der Waals surface area (Å²) < 4.78 is 52.7. The van der Waals surface area contributed by atoms with Crippen LogP contribution < -0.4 is 5.32 Å². The monoisotopic (exact) mass is 397 g/mol. The van der Waals surface area contributed by atoms with E-state index in [9.17, 15) is 22.4 Å². The summed E-state index contributed by atoms with van der Waals surface area (Å²) in [6.45, 7) is 2.91. The summed E-state index contributed by atoms with van der Waals surface area (Å²) in [5, 5.41) is 5.47. The number of nitrogens with zero attached hydrogens (tertiary/aromatic N) is 2. The molecule has 0 aliphatic rings. The van der Waals surface area contributed by atoms with Crippen LogP contribution in [0.2, 0.25) is 10.0 Å². The van der Waals surface area contributed by atoms with E-state index in [1.165, 1.54) is 6.92 Å². The summed E-state index contributed by atoms with van der Waals surface area (Å²) >= 11 is 11.5. The number of hydrogen-bond acceptors (Lipinski definition) is 2. The second-order valence-corrected chi connectivity index (χ2v) is 5.99. The molecule has 1 atom stereocenters. The molecule has 1 aromatic carbocycles. The summed E-state index contributed by atoms with van der Waals surface area (Å²) in [6, 6.07) is 3.49. The molecule has 0 spiro atoms. The molecule has 25 heavy (non-hydrogen) atoms. The van der Waals surface area contributed by atoms with E-state index in [0.717, 1.165) is 0 Å². The molecule has 1 heterocycles. The fourth-order valence-corrected chi connectivity index (χ4v) is 2.63. The van der Waals surface area contributed by atoms with Crippen molar-refractivity contribution < 1.29 is 22.4 Å². The summed E-state index contributed by atoms with van der Waals surface area (Å²) in [7, 11) is 0. The maximum atomic E-state index is 13.2. The molecule has 0 aliphatic carbocycles. The van der Waals surface area contributed by atoms with Gasteiger partial charge in [0.25, 0.3) is 12.9 Å². The molecule has 2 aromatic rings. The molecular weight excluding hydrogens is 385 g/mol. The zero-order valence-corrected chi connectivity index (χ0v) is 14.5. The van der Waals surface area contributed by atoms with E-state index < -0.39 is 41.2 Å². The van der Waals surface area contributed by atoms with E-state index in [1.54, 1.807) is 25.1 Å². The van der Waals surface area contributed by atoms with Gasteiger partial charge in [0.15, 0.2) is 0 Å². The Morgan fingerprint density at radius 1 is 1.20 bits per heavy atom. The maximum Gasteiger partial charge on any atom is 0.283 e. The van der Waals surface area contributed by atoms with Gasteiger partial charge >= 0.3 is 0 Å². The fourth-order valence-electron chi connectivity index (χ4n) is 2.17. The van der Waals surface area contributed by atoms with Crippen LogP contribution >= 0.6 is 23.2 Å². The molecule has 1 amide bonds. The first kappa shape index (κ1) is 19.5. The molecule has 2 rings (SSSR count). The van der Waals surface area contributed by atoms with Gasteiger partial charge in [-0.2, -0.15) is 5.10 Å². The molecule has 0 fully saturated rings. The first-order valence-electron chi connectivity index (χ1n) is 7.05. The second-order valence-electron chi connectivity index (χ2n) is 5.21. The fraction of sp³-hybridized carbons (Fsp3) is 0.333. The summed E-state index contributed by atoms with van der Waals surface area (Å²) in [6.07, 6.45) is -6.31.